The molecule has 0 fully saturated rings. The number of aromatic nitrogens is 3. The molecule has 2 aromatic rings. The third-order valence-electron chi connectivity index (χ3n) is 2.10. The zero-order valence-electron chi connectivity index (χ0n) is 9.16. The first-order chi connectivity index (χ1) is 7.68. The van der Waals surface area contributed by atoms with E-state index in [4.69, 9.17) is 0 Å². The van der Waals surface area contributed by atoms with E-state index in [9.17, 15) is 4.79 Å². The van der Waals surface area contributed by atoms with Gasteiger partial charge in [-0.25, -0.2) is 9.67 Å². The second kappa shape index (κ2) is 4.14. The first-order valence-electron chi connectivity index (χ1n) is 4.87. The van der Waals surface area contributed by atoms with Gasteiger partial charge in [0.2, 0.25) is 0 Å². The largest absolute Gasteiger partial charge is 0.343 e. The molecule has 0 radical (unpaired) electrons. The van der Waals surface area contributed by atoms with Gasteiger partial charge in [0.15, 0.2) is 5.82 Å². The minimum atomic E-state index is -0.117. The van der Waals surface area contributed by atoms with Gasteiger partial charge >= 0.3 is 0 Å². The lowest BCUT2D eigenvalue weighted by atomic mass is 10.3. The molecule has 0 aromatic carbocycles. The molecule has 2 heterocycles. The predicted molar refractivity (Wildman–Crippen MR) is 59.4 cm³/mol. The van der Waals surface area contributed by atoms with Crippen molar-refractivity contribution < 1.29 is 4.79 Å². The topological polar surface area (TPSA) is 51.0 Å². The van der Waals surface area contributed by atoms with E-state index >= 15 is 0 Å². The molecule has 0 saturated heterocycles. The van der Waals surface area contributed by atoms with Gasteiger partial charge < -0.3 is 4.90 Å². The smallest absolute Gasteiger partial charge is 0.272 e. The van der Waals surface area contributed by atoms with Crippen LogP contribution in [0.25, 0.3) is 5.82 Å². The second-order valence-electron chi connectivity index (χ2n) is 3.53. The molecule has 16 heavy (non-hydrogen) atoms. The van der Waals surface area contributed by atoms with Gasteiger partial charge in [0, 0.05) is 26.5 Å². The average Bonchev–Trinajstić information content (AvgIpc) is 2.81. The van der Waals surface area contributed by atoms with Crippen LogP contribution in [0.2, 0.25) is 0 Å². The van der Waals surface area contributed by atoms with Crippen LogP contribution in [0.4, 0.5) is 0 Å². The quantitative estimate of drug-likeness (QED) is 0.751. The molecule has 1 amide bonds. The summed E-state index contributed by atoms with van der Waals surface area (Å²) in [5.41, 5.74) is 0.415. The number of carbonyl (C=O) groups excluding carboxylic acids is 1. The van der Waals surface area contributed by atoms with Crippen LogP contribution in [0, 0.1) is 0 Å². The van der Waals surface area contributed by atoms with Gasteiger partial charge in [-0.2, -0.15) is 5.10 Å². The normalized spacial score (nSPS) is 10.1. The summed E-state index contributed by atoms with van der Waals surface area (Å²) in [5, 5.41) is 4.06. The van der Waals surface area contributed by atoms with Gasteiger partial charge in [0.1, 0.15) is 5.69 Å². The molecule has 0 saturated carbocycles. The third-order valence-corrected chi connectivity index (χ3v) is 2.10. The van der Waals surface area contributed by atoms with E-state index in [-0.39, 0.29) is 5.91 Å². The van der Waals surface area contributed by atoms with Crippen molar-refractivity contribution >= 4 is 5.91 Å². The Labute approximate surface area is 93.3 Å². The van der Waals surface area contributed by atoms with Crippen molar-refractivity contribution in [3.63, 3.8) is 0 Å². The summed E-state index contributed by atoms with van der Waals surface area (Å²) >= 11 is 0. The maximum Gasteiger partial charge on any atom is 0.272 e. The van der Waals surface area contributed by atoms with Crippen LogP contribution in [0.5, 0.6) is 0 Å². The third kappa shape index (κ3) is 1.93. The van der Waals surface area contributed by atoms with Crippen LogP contribution in [0.15, 0.2) is 36.7 Å². The molecule has 0 atom stereocenters. The van der Waals surface area contributed by atoms with Crippen LogP contribution in [0.1, 0.15) is 10.5 Å². The summed E-state index contributed by atoms with van der Waals surface area (Å²) in [6.45, 7) is 0. The molecule has 0 N–H and O–H groups in total. The highest BCUT2D eigenvalue weighted by atomic mass is 16.2. The highest BCUT2D eigenvalue weighted by Gasteiger charge is 2.10. The highest BCUT2D eigenvalue weighted by molar-refractivity contribution is 5.92. The minimum Gasteiger partial charge on any atom is -0.343 e. The Morgan fingerprint density at radius 2 is 2.12 bits per heavy atom. The molecular formula is C11H12N4O. The van der Waals surface area contributed by atoms with Gasteiger partial charge in [0.05, 0.1) is 0 Å². The standard InChI is InChI=1S/C11H12N4O/c1-14(2)11(16)9-5-3-6-10(13-9)15-8-4-7-12-15/h3-8H,1-2H3. The molecule has 0 aliphatic heterocycles. The van der Waals surface area contributed by atoms with Crippen molar-refractivity contribution in [2.24, 2.45) is 0 Å². The van der Waals surface area contributed by atoms with E-state index in [0.717, 1.165) is 0 Å². The van der Waals surface area contributed by atoms with Crippen molar-refractivity contribution in [2.45, 2.75) is 0 Å². The first kappa shape index (κ1) is 10.4. The lowest BCUT2D eigenvalue weighted by molar-refractivity contribution is 0.0822. The molecule has 5 nitrogen and oxygen atoms in total. The Hall–Kier alpha value is -2.17. The average molecular weight is 216 g/mol. The number of rotatable bonds is 2. The molecule has 2 aromatic heterocycles. The maximum absolute atomic E-state index is 11.7. The summed E-state index contributed by atoms with van der Waals surface area (Å²) < 4.78 is 1.62. The summed E-state index contributed by atoms with van der Waals surface area (Å²) in [6.07, 6.45) is 3.45. The van der Waals surface area contributed by atoms with Crippen LogP contribution in [0.3, 0.4) is 0 Å². The fourth-order valence-corrected chi connectivity index (χ4v) is 1.30. The summed E-state index contributed by atoms with van der Waals surface area (Å²) in [4.78, 5) is 17.4. The number of hydrogen-bond donors (Lipinski definition) is 0. The van der Waals surface area contributed by atoms with Crippen molar-refractivity contribution in [2.75, 3.05) is 14.1 Å². The van der Waals surface area contributed by atoms with Gasteiger partial charge in [-0.15, -0.1) is 0 Å². The highest BCUT2D eigenvalue weighted by Crippen LogP contribution is 2.05. The number of amides is 1. The van der Waals surface area contributed by atoms with Gasteiger partial charge in [0.25, 0.3) is 5.91 Å². The molecule has 82 valence electrons. The fraction of sp³-hybridized carbons (Fsp3) is 0.182. The predicted octanol–water partition coefficient (Wildman–Crippen LogP) is 0.969. The zero-order valence-corrected chi connectivity index (χ0v) is 9.16. The molecule has 0 spiro atoms. The Kier molecular flexibility index (Phi) is 2.68. The van der Waals surface area contributed by atoms with E-state index in [1.807, 2.05) is 6.07 Å². The monoisotopic (exact) mass is 216 g/mol. The maximum atomic E-state index is 11.7. The van der Waals surface area contributed by atoms with Gasteiger partial charge in [-0.3, -0.25) is 4.79 Å². The first-order valence-corrected chi connectivity index (χ1v) is 4.87. The number of pyridine rings is 1. The Bertz CT molecular complexity index is 490. The SMILES string of the molecule is CN(C)C(=O)c1cccc(-n2cccn2)n1. The van der Waals surface area contributed by atoms with Gasteiger partial charge in [-0.1, -0.05) is 6.07 Å². The Balaban J connectivity index is 2.37. The molecule has 2 rings (SSSR count). The van der Waals surface area contributed by atoms with Crippen LogP contribution in [-0.4, -0.2) is 39.7 Å². The summed E-state index contributed by atoms with van der Waals surface area (Å²) in [7, 11) is 3.40. The molecule has 0 unspecified atom stereocenters. The van der Waals surface area contributed by atoms with Crippen molar-refractivity contribution in [1.82, 2.24) is 19.7 Å². The van der Waals surface area contributed by atoms with Crippen LogP contribution >= 0.6 is 0 Å². The zero-order chi connectivity index (χ0) is 11.5. The summed E-state index contributed by atoms with van der Waals surface area (Å²) in [5.74, 6) is 0.520. The van der Waals surface area contributed by atoms with Crippen molar-refractivity contribution in [3.8, 4) is 5.82 Å². The molecule has 0 aliphatic rings. The van der Waals surface area contributed by atoms with Crippen molar-refractivity contribution in [3.05, 3.63) is 42.4 Å². The molecule has 5 heteroatoms. The molecular weight excluding hydrogens is 204 g/mol. The Morgan fingerprint density at radius 3 is 2.75 bits per heavy atom. The number of carbonyl (C=O) groups is 1. The van der Waals surface area contributed by atoms with Crippen LogP contribution in [-0.2, 0) is 0 Å². The number of nitrogens with zero attached hydrogens (tertiary/aromatic N) is 4. The molecule has 0 bridgehead atoms. The van der Waals surface area contributed by atoms with E-state index in [0.29, 0.717) is 11.5 Å². The summed E-state index contributed by atoms with van der Waals surface area (Å²) in [6, 6.07) is 7.09. The fourth-order valence-electron chi connectivity index (χ4n) is 1.30. The second-order valence-corrected chi connectivity index (χ2v) is 3.53. The van der Waals surface area contributed by atoms with Crippen molar-refractivity contribution in [1.29, 1.82) is 0 Å². The number of hydrogen-bond acceptors (Lipinski definition) is 3. The van der Waals surface area contributed by atoms with E-state index in [1.165, 1.54) is 4.90 Å². The lowest BCUT2D eigenvalue weighted by Crippen LogP contribution is -2.23. The Morgan fingerprint density at radius 1 is 1.31 bits per heavy atom. The van der Waals surface area contributed by atoms with E-state index in [1.54, 1.807) is 49.4 Å². The van der Waals surface area contributed by atoms with Gasteiger partial charge in [-0.05, 0) is 18.2 Å². The molecule has 0 aliphatic carbocycles. The minimum absolute atomic E-state index is 0.117. The van der Waals surface area contributed by atoms with E-state index in [2.05, 4.69) is 10.1 Å². The van der Waals surface area contributed by atoms with Crippen LogP contribution < -0.4 is 0 Å². The van der Waals surface area contributed by atoms with E-state index < -0.39 is 0 Å². The lowest BCUT2D eigenvalue weighted by Gasteiger charge is -2.10.